The van der Waals surface area contributed by atoms with Crippen molar-refractivity contribution in [3.8, 4) is 0 Å². The summed E-state index contributed by atoms with van der Waals surface area (Å²) in [6, 6.07) is 0. The fraction of sp³-hybridized carbons (Fsp3) is 0.800. The van der Waals surface area contributed by atoms with Gasteiger partial charge in [-0.3, -0.25) is 0 Å². The van der Waals surface area contributed by atoms with Crippen LogP contribution in [0.1, 0.15) is 59.8 Å². The van der Waals surface area contributed by atoms with Crippen molar-refractivity contribution in [2.45, 2.75) is 65.4 Å². The van der Waals surface area contributed by atoms with Crippen molar-refractivity contribution in [3.63, 3.8) is 0 Å². The Kier molecular flexibility index (Phi) is 4.79. The van der Waals surface area contributed by atoms with Crippen LogP contribution in [0.15, 0.2) is 12.2 Å². The van der Waals surface area contributed by atoms with E-state index in [-0.39, 0.29) is 11.6 Å². The molecule has 0 aromatic rings. The molecule has 2 nitrogen and oxygen atoms in total. The predicted octanol–water partition coefficient (Wildman–Crippen LogP) is 4.10. The average molecular weight is 238 g/mol. The molecule has 0 atom stereocenters. The van der Waals surface area contributed by atoms with E-state index in [4.69, 9.17) is 4.74 Å². The summed E-state index contributed by atoms with van der Waals surface area (Å²) in [7, 11) is 0. The van der Waals surface area contributed by atoms with Crippen LogP contribution in [0.5, 0.6) is 0 Å². The molecule has 0 aliphatic heterocycles. The minimum atomic E-state index is -0.248. The standard InChI is InChI=1S/C15H26O2/c1-6-13-7-9-15(10-8-13,12(4)5)17-14(16)11(2)3/h12-13H,2,6-10H2,1,3-5H3. The zero-order valence-electron chi connectivity index (χ0n) is 11.7. The number of hydrogen-bond donors (Lipinski definition) is 0. The van der Waals surface area contributed by atoms with Crippen LogP contribution < -0.4 is 0 Å². The molecular formula is C15H26O2. The SMILES string of the molecule is C=C(C)C(=O)OC1(C(C)C)CCC(CC)CC1. The summed E-state index contributed by atoms with van der Waals surface area (Å²) >= 11 is 0. The Bertz CT molecular complexity index is 283. The van der Waals surface area contributed by atoms with Crippen LogP contribution in [0.25, 0.3) is 0 Å². The number of rotatable bonds is 4. The Morgan fingerprint density at radius 2 is 1.94 bits per heavy atom. The number of ether oxygens (including phenoxy) is 1. The van der Waals surface area contributed by atoms with Gasteiger partial charge in [-0.2, -0.15) is 0 Å². The molecule has 0 unspecified atom stereocenters. The minimum absolute atomic E-state index is 0.228. The highest BCUT2D eigenvalue weighted by Crippen LogP contribution is 2.41. The number of carbonyl (C=O) groups is 1. The Labute approximate surface area is 105 Å². The van der Waals surface area contributed by atoms with E-state index in [2.05, 4.69) is 27.4 Å². The van der Waals surface area contributed by atoms with Gasteiger partial charge in [-0.05, 0) is 44.4 Å². The van der Waals surface area contributed by atoms with Gasteiger partial charge < -0.3 is 4.74 Å². The van der Waals surface area contributed by atoms with Crippen molar-refractivity contribution < 1.29 is 9.53 Å². The molecule has 1 rings (SSSR count). The minimum Gasteiger partial charge on any atom is -0.455 e. The highest BCUT2D eigenvalue weighted by Gasteiger charge is 2.41. The van der Waals surface area contributed by atoms with Gasteiger partial charge >= 0.3 is 5.97 Å². The van der Waals surface area contributed by atoms with Crippen LogP contribution in [-0.4, -0.2) is 11.6 Å². The van der Waals surface area contributed by atoms with Crippen molar-refractivity contribution in [1.82, 2.24) is 0 Å². The summed E-state index contributed by atoms with van der Waals surface area (Å²) < 4.78 is 5.76. The average Bonchev–Trinajstić information content (AvgIpc) is 2.29. The molecule has 0 N–H and O–H groups in total. The quantitative estimate of drug-likeness (QED) is 0.544. The lowest BCUT2D eigenvalue weighted by atomic mass is 9.72. The van der Waals surface area contributed by atoms with Crippen molar-refractivity contribution in [1.29, 1.82) is 0 Å². The summed E-state index contributed by atoms with van der Waals surface area (Å²) in [4.78, 5) is 11.8. The van der Waals surface area contributed by atoms with Gasteiger partial charge in [0.05, 0.1) is 0 Å². The first-order valence-electron chi connectivity index (χ1n) is 6.80. The fourth-order valence-electron chi connectivity index (χ4n) is 2.64. The van der Waals surface area contributed by atoms with E-state index < -0.39 is 0 Å². The maximum atomic E-state index is 11.8. The van der Waals surface area contributed by atoms with Gasteiger partial charge in [-0.25, -0.2) is 4.79 Å². The van der Waals surface area contributed by atoms with E-state index in [1.165, 1.54) is 19.3 Å². The summed E-state index contributed by atoms with van der Waals surface area (Å²) in [6.45, 7) is 11.9. The molecule has 1 saturated carbocycles. The van der Waals surface area contributed by atoms with Gasteiger partial charge in [-0.1, -0.05) is 33.8 Å². The molecule has 17 heavy (non-hydrogen) atoms. The number of carbonyl (C=O) groups excluding carboxylic acids is 1. The highest BCUT2D eigenvalue weighted by molar-refractivity contribution is 5.87. The van der Waals surface area contributed by atoms with E-state index in [0.717, 1.165) is 18.8 Å². The lowest BCUT2D eigenvalue weighted by Crippen LogP contribution is -2.43. The molecule has 0 spiro atoms. The molecule has 0 aromatic carbocycles. The normalized spacial score (nSPS) is 29.1. The molecule has 1 fully saturated rings. The highest BCUT2D eigenvalue weighted by atomic mass is 16.6. The molecule has 1 aliphatic rings. The van der Waals surface area contributed by atoms with E-state index in [1.54, 1.807) is 6.92 Å². The zero-order chi connectivity index (χ0) is 13.1. The van der Waals surface area contributed by atoms with Crippen molar-refractivity contribution >= 4 is 5.97 Å². The first-order valence-corrected chi connectivity index (χ1v) is 6.80. The van der Waals surface area contributed by atoms with Crippen molar-refractivity contribution in [3.05, 3.63) is 12.2 Å². The third-order valence-corrected chi connectivity index (χ3v) is 4.23. The second-order valence-electron chi connectivity index (χ2n) is 5.74. The van der Waals surface area contributed by atoms with Gasteiger partial charge in [0.1, 0.15) is 5.60 Å². The third-order valence-electron chi connectivity index (χ3n) is 4.23. The van der Waals surface area contributed by atoms with Crippen LogP contribution in [0.2, 0.25) is 0 Å². The van der Waals surface area contributed by atoms with E-state index >= 15 is 0 Å². The Hall–Kier alpha value is -0.790. The summed E-state index contributed by atoms with van der Waals surface area (Å²) in [5, 5.41) is 0. The van der Waals surface area contributed by atoms with E-state index in [0.29, 0.717) is 11.5 Å². The zero-order valence-corrected chi connectivity index (χ0v) is 11.7. The summed E-state index contributed by atoms with van der Waals surface area (Å²) in [5.41, 5.74) is 0.254. The van der Waals surface area contributed by atoms with Gasteiger partial charge in [0.25, 0.3) is 0 Å². The number of hydrogen-bond acceptors (Lipinski definition) is 2. The second-order valence-corrected chi connectivity index (χ2v) is 5.74. The molecule has 0 amide bonds. The van der Waals surface area contributed by atoms with Gasteiger partial charge in [-0.15, -0.1) is 0 Å². The summed E-state index contributed by atoms with van der Waals surface area (Å²) in [5.74, 6) is 0.961. The largest absolute Gasteiger partial charge is 0.455 e. The lowest BCUT2D eigenvalue weighted by molar-refractivity contribution is -0.166. The predicted molar refractivity (Wildman–Crippen MR) is 70.7 cm³/mol. The third kappa shape index (κ3) is 3.34. The first kappa shape index (κ1) is 14.3. The topological polar surface area (TPSA) is 26.3 Å². The molecular weight excluding hydrogens is 212 g/mol. The van der Waals surface area contributed by atoms with Crippen molar-refractivity contribution in [2.75, 3.05) is 0 Å². The fourth-order valence-corrected chi connectivity index (χ4v) is 2.64. The van der Waals surface area contributed by atoms with Crippen molar-refractivity contribution in [2.24, 2.45) is 11.8 Å². The smallest absolute Gasteiger partial charge is 0.333 e. The molecule has 98 valence electrons. The number of esters is 1. The Morgan fingerprint density at radius 1 is 1.41 bits per heavy atom. The van der Waals surface area contributed by atoms with E-state index in [1.807, 2.05) is 0 Å². The van der Waals surface area contributed by atoms with Gasteiger partial charge in [0.15, 0.2) is 0 Å². The van der Waals surface area contributed by atoms with Crippen LogP contribution in [0.3, 0.4) is 0 Å². The molecule has 1 aliphatic carbocycles. The molecule has 0 bridgehead atoms. The first-order chi connectivity index (χ1) is 7.91. The molecule has 0 radical (unpaired) electrons. The monoisotopic (exact) mass is 238 g/mol. The lowest BCUT2D eigenvalue weighted by Gasteiger charge is -2.42. The molecule has 0 heterocycles. The van der Waals surface area contributed by atoms with E-state index in [9.17, 15) is 4.79 Å². The molecule has 0 saturated heterocycles. The maximum Gasteiger partial charge on any atom is 0.333 e. The Balaban J connectivity index is 2.72. The Morgan fingerprint density at radius 3 is 2.29 bits per heavy atom. The van der Waals surface area contributed by atoms with Gasteiger partial charge in [0, 0.05) is 5.57 Å². The van der Waals surface area contributed by atoms with Crippen LogP contribution in [0, 0.1) is 11.8 Å². The maximum absolute atomic E-state index is 11.8. The van der Waals surface area contributed by atoms with Crippen LogP contribution in [-0.2, 0) is 9.53 Å². The molecule has 0 aromatic heterocycles. The van der Waals surface area contributed by atoms with Crippen LogP contribution in [0.4, 0.5) is 0 Å². The van der Waals surface area contributed by atoms with Crippen LogP contribution >= 0.6 is 0 Å². The molecule has 2 heteroatoms. The summed E-state index contributed by atoms with van der Waals surface area (Å²) in [6.07, 6.45) is 5.60. The second kappa shape index (κ2) is 5.70. The van der Waals surface area contributed by atoms with Gasteiger partial charge in [0.2, 0.25) is 0 Å².